The molecule has 21 heavy (non-hydrogen) atoms. The first-order chi connectivity index (χ1) is 10.3. The van der Waals surface area contributed by atoms with Crippen molar-refractivity contribution >= 4 is 27.8 Å². The molecule has 108 valence electrons. The molecule has 1 heterocycles. The minimum Gasteiger partial charge on any atom is -0.362 e. The van der Waals surface area contributed by atoms with Gasteiger partial charge in [-0.3, -0.25) is 0 Å². The fourth-order valence-electron chi connectivity index (χ4n) is 2.90. The van der Waals surface area contributed by atoms with Crippen LogP contribution in [0.15, 0.2) is 60.0 Å². The van der Waals surface area contributed by atoms with Gasteiger partial charge in [0.15, 0.2) is 0 Å². The summed E-state index contributed by atoms with van der Waals surface area (Å²) in [6, 6.07) is 19.5. The second-order valence-corrected chi connectivity index (χ2v) is 6.03. The molecular weight excluding hydrogens is 276 g/mol. The van der Waals surface area contributed by atoms with Crippen molar-refractivity contribution in [1.29, 1.82) is 0 Å². The maximum absolute atomic E-state index is 6.09. The van der Waals surface area contributed by atoms with Crippen molar-refractivity contribution in [1.82, 2.24) is 0 Å². The molecule has 1 atom stereocenters. The van der Waals surface area contributed by atoms with Crippen molar-refractivity contribution in [3.8, 4) is 0 Å². The minimum atomic E-state index is 0.237. The molecule has 0 aliphatic rings. The second kappa shape index (κ2) is 6.29. The maximum Gasteiger partial charge on any atom is 0.0757 e. The van der Waals surface area contributed by atoms with Crippen LogP contribution >= 0.6 is 11.3 Å². The molecule has 0 bridgehead atoms. The Morgan fingerprint density at radius 2 is 1.86 bits per heavy atom. The van der Waals surface area contributed by atoms with E-state index >= 15 is 0 Å². The van der Waals surface area contributed by atoms with Gasteiger partial charge in [0.2, 0.25) is 0 Å². The first kappa shape index (κ1) is 14.1. The van der Waals surface area contributed by atoms with Crippen molar-refractivity contribution in [2.75, 3.05) is 18.0 Å². The molecule has 0 radical (unpaired) electrons. The predicted molar refractivity (Wildman–Crippen MR) is 93.1 cm³/mol. The number of thiophene rings is 1. The highest BCUT2D eigenvalue weighted by atomic mass is 32.1. The van der Waals surface area contributed by atoms with Crippen LogP contribution in [0.1, 0.15) is 17.8 Å². The van der Waals surface area contributed by atoms with Crippen LogP contribution in [0.2, 0.25) is 0 Å². The van der Waals surface area contributed by atoms with Gasteiger partial charge in [-0.1, -0.05) is 42.5 Å². The van der Waals surface area contributed by atoms with E-state index in [2.05, 4.69) is 71.8 Å². The Balaban J connectivity index is 2.09. The summed E-state index contributed by atoms with van der Waals surface area (Å²) in [6.45, 7) is 3.75. The van der Waals surface area contributed by atoms with Gasteiger partial charge < -0.3 is 10.6 Å². The molecule has 0 saturated carbocycles. The Morgan fingerprint density at radius 3 is 2.57 bits per heavy atom. The van der Waals surface area contributed by atoms with E-state index < -0.39 is 0 Å². The van der Waals surface area contributed by atoms with Crippen molar-refractivity contribution in [3.05, 3.63) is 64.9 Å². The lowest BCUT2D eigenvalue weighted by Crippen LogP contribution is -2.33. The van der Waals surface area contributed by atoms with E-state index in [4.69, 9.17) is 5.73 Å². The quantitative estimate of drug-likeness (QED) is 0.755. The number of anilines is 1. The van der Waals surface area contributed by atoms with E-state index in [-0.39, 0.29) is 6.04 Å². The number of hydrogen-bond donors (Lipinski definition) is 1. The Labute approximate surface area is 129 Å². The van der Waals surface area contributed by atoms with Gasteiger partial charge in [0, 0.05) is 29.0 Å². The summed E-state index contributed by atoms with van der Waals surface area (Å²) in [5, 5.41) is 4.68. The summed E-state index contributed by atoms with van der Waals surface area (Å²) in [4.78, 5) is 3.74. The van der Waals surface area contributed by atoms with E-state index in [0.29, 0.717) is 6.54 Å². The minimum absolute atomic E-state index is 0.237. The number of likely N-dealkylation sites (N-methyl/N-ethyl adjacent to an activating group) is 1. The molecular formula is C18H20N2S. The predicted octanol–water partition coefficient (Wildman–Crippen LogP) is 4.43. The summed E-state index contributed by atoms with van der Waals surface area (Å²) < 4.78 is 0. The molecule has 0 spiro atoms. The van der Waals surface area contributed by atoms with Gasteiger partial charge in [-0.25, -0.2) is 0 Å². The van der Waals surface area contributed by atoms with Gasteiger partial charge in [0.25, 0.3) is 0 Å². The average molecular weight is 296 g/mol. The molecule has 0 aliphatic heterocycles. The van der Waals surface area contributed by atoms with Gasteiger partial charge in [-0.15, -0.1) is 11.3 Å². The van der Waals surface area contributed by atoms with Crippen LogP contribution in [0.5, 0.6) is 0 Å². The third-order valence-electron chi connectivity index (χ3n) is 3.89. The number of benzene rings is 2. The maximum atomic E-state index is 6.09. The largest absolute Gasteiger partial charge is 0.362 e. The van der Waals surface area contributed by atoms with Gasteiger partial charge in [-0.05, 0) is 29.8 Å². The number of nitrogens with zero attached hydrogens (tertiary/aromatic N) is 1. The van der Waals surface area contributed by atoms with Crippen LogP contribution in [-0.4, -0.2) is 13.1 Å². The topological polar surface area (TPSA) is 29.3 Å². The zero-order valence-electron chi connectivity index (χ0n) is 12.2. The van der Waals surface area contributed by atoms with Gasteiger partial charge in [0.05, 0.1) is 6.04 Å². The van der Waals surface area contributed by atoms with Crippen molar-refractivity contribution in [2.45, 2.75) is 13.0 Å². The molecule has 1 aromatic heterocycles. The number of rotatable bonds is 5. The van der Waals surface area contributed by atoms with Crippen LogP contribution in [0.3, 0.4) is 0 Å². The fourth-order valence-corrected chi connectivity index (χ4v) is 3.75. The van der Waals surface area contributed by atoms with Gasteiger partial charge in [0.1, 0.15) is 0 Å². The molecule has 2 nitrogen and oxygen atoms in total. The summed E-state index contributed by atoms with van der Waals surface area (Å²) in [5.74, 6) is 0. The molecule has 3 aromatic rings. The molecule has 3 heteroatoms. The number of nitrogens with two attached hydrogens (primary N) is 1. The van der Waals surface area contributed by atoms with Crippen molar-refractivity contribution < 1.29 is 0 Å². The lowest BCUT2D eigenvalue weighted by atomic mass is 10.1. The SMILES string of the molecule is CCN(c1cccc2ccccc12)C(CN)c1cccs1. The van der Waals surface area contributed by atoms with E-state index in [1.807, 2.05) is 0 Å². The second-order valence-electron chi connectivity index (χ2n) is 5.05. The highest BCUT2D eigenvalue weighted by molar-refractivity contribution is 7.10. The lowest BCUT2D eigenvalue weighted by molar-refractivity contribution is 0.655. The highest BCUT2D eigenvalue weighted by Crippen LogP contribution is 2.33. The average Bonchev–Trinajstić information content (AvgIpc) is 3.06. The Morgan fingerprint density at radius 1 is 1.05 bits per heavy atom. The molecule has 0 amide bonds. The van der Waals surface area contributed by atoms with E-state index in [1.165, 1.54) is 21.3 Å². The summed E-state index contributed by atoms with van der Waals surface area (Å²) >= 11 is 1.78. The molecule has 2 aromatic carbocycles. The van der Waals surface area contributed by atoms with Gasteiger partial charge in [-0.2, -0.15) is 0 Å². The fraction of sp³-hybridized carbons (Fsp3) is 0.222. The zero-order valence-corrected chi connectivity index (χ0v) is 13.0. The highest BCUT2D eigenvalue weighted by Gasteiger charge is 2.20. The number of hydrogen-bond acceptors (Lipinski definition) is 3. The summed E-state index contributed by atoms with van der Waals surface area (Å²) in [5.41, 5.74) is 7.35. The van der Waals surface area contributed by atoms with E-state index in [0.717, 1.165) is 6.54 Å². The monoisotopic (exact) mass is 296 g/mol. The zero-order chi connectivity index (χ0) is 14.7. The summed E-state index contributed by atoms with van der Waals surface area (Å²) in [6.07, 6.45) is 0. The summed E-state index contributed by atoms with van der Waals surface area (Å²) in [7, 11) is 0. The van der Waals surface area contributed by atoms with Gasteiger partial charge >= 0.3 is 0 Å². The standard InChI is InChI=1S/C18H20N2S/c1-2-20(17(13-19)18-11-6-12-21-18)16-10-5-8-14-7-3-4-9-15(14)16/h3-12,17H,2,13,19H2,1H3. The van der Waals surface area contributed by atoms with Crippen LogP contribution in [0, 0.1) is 0 Å². The van der Waals surface area contributed by atoms with Crippen LogP contribution in [-0.2, 0) is 0 Å². The van der Waals surface area contributed by atoms with Crippen LogP contribution in [0.25, 0.3) is 10.8 Å². The van der Waals surface area contributed by atoms with Crippen LogP contribution < -0.4 is 10.6 Å². The Kier molecular flexibility index (Phi) is 4.23. The first-order valence-corrected chi connectivity index (χ1v) is 8.21. The Hall–Kier alpha value is -1.84. The number of fused-ring (bicyclic) bond motifs is 1. The third kappa shape index (κ3) is 2.67. The Bertz CT molecular complexity index is 701. The molecule has 3 rings (SSSR count). The molecule has 2 N–H and O–H groups in total. The molecule has 0 saturated heterocycles. The van der Waals surface area contributed by atoms with E-state index in [9.17, 15) is 0 Å². The van der Waals surface area contributed by atoms with Crippen molar-refractivity contribution in [3.63, 3.8) is 0 Å². The van der Waals surface area contributed by atoms with Crippen LogP contribution in [0.4, 0.5) is 5.69 Å². The normalized spacial score (nSPS) is 12.5. The lowest BCUT2D eigenvalue weighted by Gasteiger charge is -2.32. The van der Waals surface area contributed by atoms with E-state index in [1.54, 1.807) is 11.3 Å². The molecule has 0 aliphatic carbocycles. The third-order valence-corrected chi connectivity index (χ3v) is 4.86. The first-order valence-electron chi connectivity index (χ1n) is 7.33. The molecule has 0 fully saturated rings. The van der Waals surface area contributed by atoms with Crippen molar-refractivity contribution in [2.24, 2.45) is 5.73 Å². The molecule has 1 unspecified atom stereocenters. The smallest absolute Gasteiger partial charge is 0.0757 e.